The largest absolute Gasteiger partial charge is 0.407 e. The Balaban J connectivity index is 0.000000402. The van der Waals surface area contributed by atoms with E-state index in [1.54, 1.807) is 35.3 Å². The maximum atomic E-state index is 13.5. The number of terminal acetylenes is 1. The average molecular weight is 965 g/mol. The van der Waals surface area contributed by atoms with E-state index in [0.29, 0.717) is 18.5 Å². The minimum atomic E-state index is -4.73. The number of aliphatic hydroxyl groups is 1. The molecule has 2 aromatic carbocycles. The van der Waals surface area contributed by atoms with Crippen LogP contribution >= 0.6 is 12.2 Å². The van der Waals surface area contributed by atoms with Crippen molar-refractivity contribution in [1.29, 1.82) is 5.26 Å². The van der Waals surface area contributed by atoms with Crippen LogP contribution in [0.4, 0.5) is 30.2 Å². The number of amides is 1. The Hall–Kier alpha value is -12.5. The number of nitrogens with zero attached hydrogens (tertiary/aromatic N) is 4. The van der Waals surface area contributed by atoms with Gasteiger partial charge in [-0.25, -0.2) is 4.85 Å². The monoisotopic (exact) mass is 964 g/mol. The summed E-state index contributed by atoms with van der Waals surface area (Å²) >= 11 is 5.60. The highest BCUT2D eigenvalue weighted by atomic mass is 32.1. The average Bonchev–Trinajstić information content (AvgIpc) is 3.63. The molecule has 4 rings (SSSR count). The number of aliphatic hydroxyl groups excluding tert-OH is 1. The summed E-state index contributed by atoms with van der Waals surface area (Å²) in [6, 6.07) is 12.1. The zero-order chi connectivity index (χ0) is 53.4. The second-order valence-electron chi connectivity index (χ2n) is 12.6. The van der Waals surface area contributed by atoms with E-state index in [0.717, 1.165) is 29.0 Å². The van der Waals surface area contributed by atoms with Crippen molar-refractivity contribution in [2.45, 2.75) is 31.0 Å². The first-order chi connectivity index (χ1) is 36.1. The van der Waals surface area contributed by atoms with Crippen LogP contribution in [0.2, 0.25) is 0 Å². The number of thiocarbonyl (C=S) groups is 1. The summed E-state index contributed by atoms with van der Waals surface area (Å²) < 4.78 is 40.4. The van der Waals surface area contributed by atoms with Gasteiger partial charge in [-0.2, -0.15) is 18.4 Å². The van der Waals surface area contributed by atoms with E-state index < -0.39 is 23.0 Å². The first-order valence-electron chi connectivity index (χ1n) is 20.1. The standard InChI is InChI=1S/C41HN.C23H18F3N3O2S/c1-2-3-4-5-6-7-8-9-10-11-12-13-14-15-16-17-18-19-20-21-22-23-24-25-26-27-28-29-30-31-32-33-34-35-36-37-38-39-40-41-42;1-27-19-10-9-17(14-18(19)23(24,25)26)28-20(31)22(11-3-12-22)29(21(28)32)16-7-5-15(6-8-16)4-2-13-30/h1H;2,4-10,14,30H,3,11-13H2/b;4-2+. The van der Waals surface area contributed by atoms with Gasteiger partial charge in [-0.3, -0.25) is 9.69 Å². The lowest BCUT2D eigenvalue weighted by Crippen LogP contribution is -2.55. The molecule has 2 aromatic rings. The molecule has 6 nitrogen and oxygen atoms in total. The van der Waals surface area contributed by atoms with Crippen LogP contribution in [-0.2, 0) is 11.0 Å². The highest BCUT2D eigenvalue weighted by Crippen LogP contribution is 2.49. The van der Waals surface area contributed by atoms with E-state index in [-0.39, 0.29) is 23.3 Å². The number of nitriles is 1. The fraction of sp³-hybridized carbons (Fsp3) is 0.0938. The van der Waals surface area contributed by atoms with Gasteiger partial charge in [0.25, 0.3) is 5.91 Å². The van der Waals surface area contributed by atoms with Crippen LogP contribution < -0.4 is 9.80 Å². The summed E-state index contributed by atoms with van der Waals surface area (Å²) in [5.41, 5.74) is -1.03. The molecule has 1 heterocycles. The molecule has 1 saturated carbocycles. The summed E-state index contributed by atoms with van der Waals surface area (Å²) in [5.74, 6) is 94.9. The number of hydrogen-bond donors (Lipinski definition) is 1. The lowest BCUT2D eigenvalue weighted by atomic mass is 9.75. The molecule has 0 unspecified atom stereocenters. The molecule has 0 aromatic heterocycles. The number of rotatable bonds is 4. The molecule has 0 radical (unpaired) electrons. The van der Waals surface area contributed by atoms with E-state index in [1.165, 1.54) is 6.07 Å². The molecular weight excluding hydrogens is 946 g/mol. The maximum absolute atomic E-state index is 13.5. The third-order valence-electron chi connectivity index (χ3n) is 8.26. The fourth-order valence-corrected chi connectivity index (χ4v) is 5.78. The van der Waals surface area contributed by atoms with Crippen molar-refractivity contribution in [2.24, 2.45) is 0 Å². The predicted molar refractivity (Wildman–Crippen MR) is 282 cm³/mol. The molecule has 74 heavy (non-hydrogen) atoms. The maximum Gasteiger partial charge on any atom is 0.407 e. The Labute approximate surface area is 434 Å². The van der Waals surface area contributed by atoms with Gasteiger partial charge >= 0.3 is 6.18 Å². The van der Waals surface area contributed by atoms with E-state index in [4.69, 9.17) is 35.6 Å². The van der Waals surface area contributed by atoms with Crippen LogP contribution in [0.15, 0.2) is 48.5 Å². The molecular formula is C64H19F3N4O2S. The van der Waals surface area contributed by atoms with Crippen LogP contribution in [0.25, 0.3) is 10.9 Å². The second-order valence-corrected chi connectivity index (χ2v) is 13.0. The second kappa shape index (κ2) is 33.0. The third kappa shape index (κ3) is 19.7. The minimum Gasteiger partial charge on any atom is -0.392 e. The van der Waals surface area contributed by atoms with Crippen molar-refractivity contribution in [1.82, 2.24) is 0 Å². The zero-order valence-corrected chi connectivity index (χ0v) is 38.6. The molecule has 2 fully saturated rings. The highest BCUT2D eigenvalue weighted by Gasteiger charge is 2.59. The van der Waals surface area contributed by atoms with Crippen molar-refractivity contribution >= 4 is 46.4 Å². The first kappa shape index (κ1) is 55.8. The van der Waals surface area contributed by atoms with Gasteiger partial charge in [-0.05, 0) is 109 Å². The van der Waals surface area contributed by atoms with Crippen LogP contribution in [0.1, 0.15) is 30.4 Å². The molecule has 1 N–H and O–H groups in total. The number of hydrogen-bond acceptors (Lipinski definition) is 4. The van der Waals surface area contributed by atoms with Crippen LogP contribution in [0.3, 0.4) is 0 Å². The van der Waals surface area contributed by atoms with Gasteiger partial charge in [0.2, 0.25) is 0 Å². The van der Waals surface area contributed by atoms with E-state index in [9.17, 15) is 18.0 Å². The van der Waals surface area contributed by atoms with E-state index >= 15 is 0 Å². The molecule has 1 spiro atoms. The van der Waals surface area contributed by atoms with Gasteiger partial charge < -0.3 is 10.0 Å². The Kier molecular flexibility index (Phi) is 24.9. The molecule has 334 valence electrons. The Morgan fingerprint density at radius 3 is 1.26 bits per heavy atom. The van der Waals surface area contributed by atoms with Gasteiger partial charge in [-0.15, -0.1) is 6.42 Å². The van der Waals surface area contributed by atoms with Crippen molar-refractivity contribution in [3.05, 3.63) is 71.1 Å². The molecule has 0 bridgehead atoms. The SMILES string of the molecule is C#CC#CC#CC#CC#CC#CC#CC#CC#CC#CC#CC#CC#CC#CC#CC#CC#CC#CC#CC#CC#N.[C-]#[N+]c1ccc(N2C(=O)C3(CCC3)N(c3ccc(/C=C/CO)cc3)C2=S)cc1C(F)(F)F. The molecule has 2 aliphatic rings. The zero-order valence-electron chi connectivity index (χ0n) is 37.8. The smallest absolute Gasteiger partial charge is 0.392 e. The topological polar surface area (TPSA) is 71.9 Å². The van der Waals surface area contributed by atoms with E-state index in [1.807, 2.05) is 12.1 Å². The minimum absolute atomic E-state index is 0.00370. The van der Waals surface area contributed by atoms with Crippen molar-refractivity contribution in [2.75, 3.05) is 16.4 Å². The fourth-order valence-electron chi connectivity index (χ4n) is 5.31. The summed E-state index contributed by atoms with van der Waals surface area (Å²) in [4.78, 5) is 19.3. The number of benzene rings is 2. The molecule has 1 saturated heterocycles. The van der Waals surface area contributed by atoms with Crippen LogP contribution in [-0.4, -0.2) is 28.3 Å². The van der Waals surface area contributed by atoms with Crippen molar-refractivity contribution in [3.63, 3.8) is 0 Å². The summed E-state index contributed by atoms with van der Waals surface area (Å²) in [7, 11) is 0. The van der Waals surface area contributed by atoms with Crippen molar-refractivity contribution in [3.8, 4) is 243 Å². The van der Waals surface area contributed by atoms with Crippen LogP contribution in [0.5, 0.6) is 0 Å². The predicted octanol–water partition coefficient (Wildman–Crippen LogP) is 5.53. The Morgan fingerprint density at radius 2 is 0.959 bits per heavy atom. The van der Waals surface area contributed by atoms with Gasteiger partial charge in [-0.1, -0.05) is 30.4 Å². The summed E-state index contributed by atoms with van der Waals surface area (Å²) in [5, 5.41) is 17.2. The van der Waals surface area contributed by atoms with Gasteiger partial charge in [0.1, 0.15) is 5.54 Å². The first-order valence-corrected chi connectivity index (χ1v) is 20.5. The number of halogens is 3. The van der Waals surface area contributed by atoms with Gasteiger partial charge in [0.05, 0.1) is 18.7 Å². The summed E-state index contributed by atoms with van der Waals surface area (Å²) in [6.45, 7) is 6.93. The summed E-state index contributed by atoms with van der Waals surface area (Å²) in [6.07, 6.45) is 5.44. The molecule has 10 heteroatoms. The Morgan fingerprint density at radius 1 is 0.608 bits per heavy atom. The lowest BCUT2D eigenvalue weighted by Gasteiger charge is -2.43. The van der Waals surface area contributed by atoms with Crippen LogP contribution in [0, 0.1) is 255 Å². The molecule has 1 aliphatic heterocycles. The molecule has 0 atom stereocenters. The third-order valence-corrected chi connectivity index (χ3v) is 8.63. The number of anilines is 2. The molecule has 1 amide bonds. The number of carbonyl (C=O) groups excluding carboxylic acids is 1. The highest BCUT2D eigenvalue weighted by molar-refractivity contribution is 7.81. The number of alkyl halides is 3. The van der Waals surface area contributed by atoms with Gasteiger partial charge in [0.15, 0.2) is 16.9 Å². The quantitative estimate of drug-likeness (QED) is 0.248. The Bertz CT molecular complexity index is 3950. The number of carbonyl (C=O) groups is 1. The normalized spacial score (nSPS) is 9.91. The lowest BCUT2D eigenvalue weighted by molar-refractivity contribution is -0.137. The van der Waals surface area contributed by atoms with Gasteiger partial charge in [0, 0.05) is 195 Å². The molecule has 1 aliphatic carbocycles. The van der Waals surface area contributed by atoms with Crippen molar-refractivity contribution < 1.29 is 23.1 Å². The van der Waals surface area contributed by atoms with E-state index in [2.05, 4.69) is 236 Å².